The van der Waals surface area contributed by atoms with Gasteiger partial charge in [0.1, 0.15) is 0 Å². The molecule has 2 N–H and O–H groups in total. The van der Waals surface area contributed by atoms with Gasteiger partial charge in [0.05, 0.1) is 0 Å². The van der Waals surface area contributed by atoms with Crippen molar-refractivity contribution >= 4 is 6.03 Å². The topological polar surface area (TPSA) is 41.1 Å². The fraction of sp³-hybridized carbons (Fsp3) is 0.957. The van der Waals surface area contributed by atoms with E-state index in [4.69, 9.17) is 0 Å². The minimum atomic E-state index is -4.00. The number of carbonyl (C=O) groups is 1. The van der Waals surface area contributed by atoms with Crippen LogP contribution in [0.25, 0.3) is 0 Å². The zero-order valence-electron chi connectivity index (χ0n) is 17.8. The van der Waals surface area contributed by atoms with Crippen LogP contribution in [0.15, 0.2) is 0 Å². The Labute approximate surface area is 174 Å². The van der Waals surface area contributed by atoms with Crippen LogP contribution in [0.4, 0.5) is 18.0 Å². The number of unbranched alkanes of at least 4 members (excludes halogenated alkanes) is 8. The number of carbonyl (C=O) groups excluding carboxylic acids is 1. The van der Waals surface area contributed by atoms with Crippen molar-refractivity contribution in [1.82, 2.24) is 10.6 Å². The highest BCUT2D eigenvalue weighted by molar-refractivity contribution is 5.74. The van der Waals surface area contributed by atoms with Crippen LogP contribution in [0.5, 0.6) is 0 Å². The smallest absolute Gasteiger partial charge is 0.338 e. The van der Waals surface area contributed by atoms with E-state index in [9.17, 15) is 18.0 Å². The Morgan fingerprint density at radius 1 is 0.759 bits per heavy atom. The SMILES string of the molecule is O=C(NCCCCCCCCCCCC(F)(F)F)NC12CC3CC(CC(C3)C1)C2. The number of hydrogen-bond acceptors (Lipinski definition) is 1. The Hall–Kier alpha value is -0.940. The summed E-state index contributed by atoms with van der Waals surface area (Å²) in [5.41, 5.74) is 0.0823. The molecular formula is C23H39F3N2O. The molecule has 0 saturated heterocycles. The minimum absolute atomic E-state index is 0.0193. The lowest BCUT2D eigenvalue weighted by Gasteiger charge is -2.56. The first-order chi connectivity index (χ1) is 13.8. The predicted molar refractivity (Wildman–Crippen MR) is 110 cm³/mol. The fourth-order valence-corrected chi connectivity index (χ4v) is 6.44. The van der Waals surface area contributed by atoms with Gasteiger partial charge in [0, 0.05) is 18.5 Å². The van der Waals surface area contributed by atoms with Crippen LogP contribution in [-0.2, 0) is 0 Å². The molecule has 0 aromatic rings. The number of halogens is 3. The highest BCUT2D eigenvalue weighted by atomic mass is 19.4. The third-order valence-electron chi connectivity index (χ3n) is 7.34. The second kappa shape index (κ2) is 10.4. The molecule has 4 saturated carbocycles. The minimum Gasteiger partial charge on any atom is -0.338 e. The molecule has 0 heterocycles. The third-order valence-corrected chi connectivity index (χ3v) is 7.34. The van der Waals surface area contributed by atoms with E-state index in [1.165, 1.54) is 38.5 Å². The van der Waals surface area contributed by atoms with Gasteiger partial charge < -0.3 is 10.6 Å². The van der Waals surface area contributed by atoms with E-state index in [0.29, 0.717) is 6.42 Å². The summed E-state index contributed by atoms with van der Waals surface area (Å²) in [6.07, 6.45) is 11.4. The summed E-state index contributed by atoms with van der Waals surface area (Å²) >= 11 is 0. The first-order valence-electron chi connectivity index (χ1n) is 12.0. The Bertz CT molecular complexity index is 485. The lowest BCUT2D eigenvalue weighted by Crippen LogP contribution is -2.61. The van der Waals surface area contributed by atoms with Gasteiger partial charge >= 0.3 is 12.2 Å². The number of amides is 2. The normalized spacial score (nSPS) is 30.5. The zero-order chi connectivity index (χ0) is 20.7. The summed E-state index contributed by atoms with van der Waals surface area (Å²) < 4.78 is 36.1. The van der Waals surface area contributed by atoms with E-state index in [2.05, 4.69) is 10.6 Å². The number of alkyl halides is 3. The first-order valence-corrected chi connectivity index (χ1v) is 12.0. The van der Waals surface area contributed by atoms with Gasteiger partial charge in [-0.2, -0.15) is 13.2 Å². The highest BCUT2D eigenvalue weighted by Gasteiger charge is 2.51. The first kappa shape index (κ1) is 22.7. The number of urea groups is 1. The van der Waals surface area contributed by atoms with Gasteiger partial charge in [-0.3, -0.25) is 0 Å². The molecule has 4 bridgehead atoms. The molecule has 4 fully saturated rings. The Morgan fingerprint density at radius 3 is 1.69 bits per heavy atom. The Morgan fingerprint density at radius 2 is 1.21 bits per heavy atom. The van der Waals surface area contributed by atoms with Gasteiger partial charge in [0.25, 0.3) is 0 Å². The molecule has 0 aromatic carbocycles. The highest BCUT2D eigenvalue weighted by Crippen LogP contribution is 2.55. The lowest BCUT2D eigenvalue weighted by molar-refractivity contribution is -0.135. The van der Waals surface area contributed by atoms with E-state index in [-0.39, 0.29) is 18.0 Å². The van der Waals surface area contributed by atoms with Crippen LogP contribution in [0, 0.1) is 17.8 Å². The molecular weight excluding hydrogens is 377 g/mol. The Balaban J connectivity index is 1.14. The van der Waals surface area contributed by atoms with E-state index in [0.717, 1.165) is 69.2 Å². The molecule has 168 valence electrons. The lowest BCUT2D eigenvalue weighted by atomic mass is 9.53. The number of rotatable bonds is 12. The van der Waals surface area contributed by atoms with Crippen LogP contribution >= 0.6 is 0 Å². The van der Waals surface area contributed by atoms with Gasteiger partial charge in [-0.05, 0) is 69.1 Å². The fourth-order valence-electron chi connectivity index (χ4n) is 6.44. The summed E-state index contributed by atoms with van der Waals surface area (Å²) in [5.74, 6) is 2.52. The molecule has 0 radical (unpaired) electrons. The van der Waals surface area contributed by atoms with Gasteiger partial charge in [0.15, 0.2) is 0 Å². The van der Waals surface area contributed by atoms with Crippen molar-refractivity contribution in [2.75, 3.05) is 6.54 Å². The summed E-state index contributed by atoms with van der Waals surface area (Å²) in [6.45, 7) is 0.732. The van der Waals surface area contributed by atoms with E-state index >= 15 is 0 Å². The number of hydrogen-bond donors (Lipinski definition) is 2. The molecule has 0 aromatic heterocycles. The third kappa shape index (κ3) is 7.67. The molecule has 4 rings (SSSR count). The quantitative estimate of drug-likeness (QED) is 0.341. The molecule has 0 aliphatic heterocycles. The van der Waals surface area contributed by atoms with Crippen molar-refractivity contribution in [3.05, 3.63) is 0 Å². The summed E-state index contributed by atoms with van der Waals surface area (Å²) in [7, 11) is 0. The second-order valence-corrected chi connectivity index (χ2v) is 10.1. The molecule has 6 heteroatoms. The maximum Gasteiger partial charge on any atom is 0.389 e. The van der Waals surface area contributed by atoms with Gasteiger partial charge in [-0.25, -0.2) is 4.79 Å². The summed E-state index contributed by atoms with van der Waals surface area (Å²) in [6, 6.07) is 0.0193. The van der Waals surface area contributed by atoms with Crippen molar-refractivity contribution in [2.24, 2.45) is 17.8 Å². The van der Waals surface area contributed by atoms with Crippen molar-refractivity contribution in [3.63, 3.8) is 0 Å². The van der Waals surface area contributed by atoms with E-state index < -0.39 is 12.6 Å². The van der Waals surface area contributed by atoms with Gasteiger partial charge in [-0.15, -0.1) is 0 Å². The summed E-state index contributed by atoms with van der Waals surface area (Å²) in [4.78, 5) is 12.4. The zero-order valence-corrected chi connectivity index (χ0v) is 17.8. The predicted octanol–water partition coefficient (Wildman–Crippen LogP) is 6.72. The van der Waals surface area contributed by atoms with Crippen molar-refractivity contribution in [2.45, 2.75) is 114 Å². The van der Waals surface area contributed by atoms with E-state index in [1.807, 2.05) is 0 Å². The van der Waals surface area contributed by atoms with Crippen molar-refractivity contribution in [3.8, 4) is 0 Å². The average Bonchev–Trinajstić information content (AvgIpc) is 2.60. The van der Waals surface area contributed by atoms with Crippen molar-refractivity contribution in [1.29, 1.82) is 0 Å². The second-order valence-electron chi connectivity index (χ2n) is 10.1. The molecule has 3 nitrogen and oxygen atoms in total. The largest absolute Gasteiger partial charge is 0.389 e. The molecule has 4 aliphatic rings. The van der Waals surface area contributed by atoms with Crippen LogP contribution in [0.3, 0.4) is 0 Å². The average molecular weight is 417 g/mol. The maximum absolute atomic E-state index is 12.4. The van der Waals surface area contributed by atoms with Crippen molar-refractivity contribution < 1.29 is 18.0 Å². The van der Waals surface area contributed by atoms with E-state index in [1.54, 1.807) is 0 Å². The molecule has 4 aliphatic carbocycles. The molecule has 0 unspecified atom stereocenters. The monoisotopic (exact) mass is 416 g/mol. The number of nitrogens with one attached hydrogen (secondary N) is 2. The molecule has 0 atom stereocenters. The maximum atomic E-state index is 12.4. The van der Waals surface area contributed by atoms with Gasteiger partial charge in [-0.1, -0.05) is 44.9 Å². The Kier molecular flexibility index (Phi) is 8.15. The van der Waals surface area contributed by atoms with Gasteiger partial charge in [0.2, 0.25) is 0 Å². The molecule has 29 heavy (non-hydrogen) atoms. The van der Waals surface area contributed by atoms with Crippen LogP contribution in [0.2, 0.25) is 0 Å². The summed E-state index contributed by atoms with van der Waals surface area (Å²) in [5, 5.41) is 6.40. The van der Waals surface area contributed by atoms with Crippen LogP contribution in [-0.4, -0.2) is 24.3 Å². The van der Waals surface area contributed by atoms with Crippen LogP contribution in [0.1, 0.15) is 103 Å². The molecule has 0 spiro atoms. The standard InChI is InChI=1S/C23H39F3N2O/c24-23(25,26)10-8-6-4-2-1-3-5-7-9-11-27-21(29)28-22-15-18-12-19(16-22)14-20(13-18)17-22/h18-20H,1-17H2,(H2,27,28,29). The molecule has 2 amide bonds. The van der Waals surface area contributed by atoms with Crippen LogP contribution < -0.4 is 10.6 Å².